The second kappa shape index (κ2) is 7.20. The molecule has 0 aliphatic carbocycles. The zero-order valence-electron chi connectivity index (χ0n) is 10.4. The third-order valence-electron chi connectivity index (χ3n) is 2.40. The third kappa shape index (κ3) is 5.07. The van der Waals surface area contributed by atoms with Crippen molar-refractivity contribution in [3.8, 4) is 5.75 Å². The Kier molecular flexibility index (Phi) is 6.21. The second-order valence-electron chi connectivity index (χ2n) is 3.95. The van der Waals surface area contributed by atoms with Crippen LogP contribution in [0.15, 0.2) is 29.2 Å². The van der Waals surface area contributed by atoms with E-state index in [4.69, 9.17) is 9.29 Å². The van der Waals surface area contributed by atoms with Crippen LogP contribution in [0.4, 0.5) is 0 Å². The van der Waals surface area contributed by atoms with E-state index in [0.29, 0.717) is 6.42 Å². The Morgan fingerprint density at radius 1 is 1.42 bits per heavy atom. The van der Waals surface area contributed by atoms with Crippen LogP contribution in [-0.2, 0) is 14.9 Å². The van der Waals surface area contributed by atoms with Gasteiger partial charge in [0, 0.05) is 0 Å². The highest BCUT2D eigenvalue weighted by Gasteiger charge is 2.21. The molecule has 1 aromatic rings. The minimum Gasteiger partial charge on any atom is -0.424 e. The van der Waals surface area contributed by atoms with Gasteiger partial charge in [-0.25, -0.2) is 0 Å². The Balaban J connectivity index is 2.86. The number of ether oxygens (including phenoxy) is 1. The number of alkyl halides is 1. The number of para-hydroxylation sites is 1. The van der Waals surface area contributed by atoms with E-state index in [2.05, 4.69) is 0 Å². The average Bonchev–Trinajstić information content (AvgIpc) is 2.35. The monoisotopic (exact) mass is 398 g/mol. The zero-order valence-corrected chi connectivity index (χ0v) is 13.3. The largest absolute Gasteiger partial charge is 0.424 e. The quantitative estimate of drug-likeness (QED) is 0.262. The maximum absolute atomic E-state index is 11.8. The van der Waals surface area contributed by atoms with Gasteiger partial charge in [-0.05, 0) is 18.6 Å². The molecule has 19 heavy (non-hydrogen) atoms. The summed E-state index contributed by atoms with van der Waals surface area (Å²) in [6.45, 7) is 2.02. The van der Waals surface area contributed by atoms with Crippen molar-refractivity contribution in [3.63, 3.8) is 0 Å². The maximum atomic E-state index is 11.8. The first-order chi connectivity index (χ1) is 8.86. The summed E-state index contributed by atoms with van der Waals surface area (Å²) in [5, 5.41) is 0. The molecule has 0 heterocycles. The van der Waals surface area contributed by atoms with Gasteiger partial charge < -0.3 is 4.74 Å². The second-order valence-corrected chi connectivity index (χ2v) is 6.85. The fourth-order valence-corrected chi connectivity index (χ4v) is 2.60. The van der Waals surface area contributed by atoms with Gasteiger partial charge in [0.2, 0.25) is 0 Å². The molecule has 0 fully saturated rings. The first kappa shape index (κ1) is 16.4. The first-order valence-corrected chi connectivity index (χ1v) is 8.47. The Bertz CT molecular complexity index is 541. The predicted molar refractivity (Wildman–Crippen MR) is 79.2 cm³/mol. The summed E-state index contributed by atoms with van der Waals surface area (Å²) in [5.74, 6) is -0.654. The predicted octanol–water partition coefficient (Wildman–Crippen LogP) is 2.83. The molecule has 1 unspecified atom stereocenters. The van der Waals surface area contributed by atoms with Crippen LogP contribution in [-0.4, -0.2) is 22.9 Å². The van der Waals surface area contributed by atoms with Crippen molar-refractivity contribution in [2.24, 2.45) is 0 Å². The Hall–Kier alpha value is -0.670. The molecule has 0 spiro atoms. The molecule has 0 aliphatic heterocycles. The molecule has 1 N–H and O–H groups in total. The standard InChI is InChI=1S/C12H15IO5S/c1-2-3-6-9(13)12(14)18-10-7-4-5-8-11(10)19(15,16)17/h4-5,7-9H,2-3,6H2,1H3,(H,15,16,17). The number of rotatable bonds is 6. The van der Waals surface area contributed by atoms with Crippen molar-refractivity contribution in [1.82, 2.24) is 0 Å². The molecule has 1 atom stereocenters. The van der Waals surface area contributed by atoms with Crippen LogP contribution in [0.1, 0.15) is 26.2 Å². The lowest BCUT2D eigenvalue weighted by Crippen LogP contribution is -2.21. The topological polar surface area (TPSA) is 80.7 Å². The summed E-state index contributed by atoms with van der Waals surface area (Å²) < 4.78 is 36.0. The highest BCUT2D eigenvalue weighted by atomic mass is 127. The van der Waals surface area contributed by atoms with Gasteiger partial charge in [-0.15, -0.1) is 0 Å². The van der Waals surface area contributed by atoms with Crippen LogP contribution < -0.4 is 4.74 Å². The summed E-state index contributed by atoms with van der Waals surface area (Å²) in [4.78, 5) is 11.4. The van der Waals surface area contributed by atoms with Crippen molar-refractivity contribution in [2.75, 3.05) is 0 Å². The fourth-order valence-electron chi connectivity index (χ4n) is 1.42. The fraction of sp³-hybridized carbons (Fsp3) is 0.417. The summed E-state index contributed by atoms with van der Waals surface area (Å²) in [7, 11) is -4.40. The third-order valence-corrected chi connectivity index (χ3v) is 4.43. The van der Waals surface area contributed by atoms with E-state index >= 15 is 0 Å². The van der Waals surface area contributed by atoms with E-state index in [-0.39, 0.29) is 9.67 Å². The summed E-state index contributed by atoms with van der Waals surface area (Å²) >= 11 is 1.96. The number of carbonyl (C=O) groups is 1. The van der Waals surface area contributed by atoms with Crippen molar-refractivity contribution in [1.29, 1.82) is 0 Å². The normalized spacial score (nSPS) is 13.0. The van der Waals surface area contributed by atoms with Gasteiger partial charge in [0.1, 0.15) is 8.82 Å². The Morgan fingerprint density at radius 2 is 2.05 bits per heavy atom. The van der Waals surface area contributed by atoms with Crippen LogP contribution in [0, 0.1) is 0 Å². The highest BCUT2D eigenvalue weighted by molar-refractivity contribution is 14.1. The van der Waals surface area contributed by atoms with Crippen LogP contribution in [0.25, 0.3) is 0 Å². The lowest BCUT2D eigenvalue weighted by atomic mass is 10.2. The zero-order chi connectivity index (χ0) is 14.5. The molecule has 0 aliphatic rings. The molecule has 106 valence electrons. The van der Waals surface area contributed by atoms with Crippen LogP contribution in [0.5, 0.6) is 5.75 Å². The summed E-state index contributed by atoms with van der Waals surface area (Å²) in [6.07, 6.45) is 2.53. The van der Waals surface area contributed by atoms with E-state index in [9.17, 15) is 13.2 Å². The van der Waals surface area contributed by atoms with Gasteiger partial charge in [0.25, 0.3) is 10.1 Å². The number of benzene rings is 1. The van der Waals surface area contributed by atoms with Crippen LogP contribution in [0.3, 0.4) is 0 Å². The number of esters is 1. The van der Waals surface area contributed by atoms with Crippen molar-refractivity contribution >= 4 is 38.7 Å². The van der Waals surface area contributed by atoms with Gasteiger partial charge >= 0.3 is 5.97 Å². The molecule has 0 aromatic heterocycles. The minimum absolute atomic E-state index is 0.145. The maximum Gasteiger partial charge on any atom is 0.324 e. The van der Waals surface area contributed by atoms with Crippen molar-refractivity contribution in [3.05, 3.63) is 24.3 Å². The van der Waals surface area contributed by atoms with Crippen molar-refractivity contribution < 1.29 is 22.5 Å². The SMILES string of the molecule is CCCCC(I)C(=O)Oc1ccccc1S(=O)(=O)O. The van der Waals surface area contributed by atoms with Gasteiger partial charge in [-0.3, -0.25) is 9.35 Å². The summed E-state index contributed by atoms with van der Waals surface area (Å²) in [6, 6.07) is 5.50. The molecule has 1 rings (SSSR count). The van der Waals surface area contributed by atoms with E-state index in [1.165, 1.54) is 24.3 Å². The molecular formula is C12H15IO5S. The lowest BCUT2D eigenvalue weighted by molar-refractivity contribution is -0.133. The molecule has 0 radical (unpaired) electrons. The first-order valence-electron chi connectivity index (χ1n) is 5.78. The Morgan fingerprint density at radius 3 is 2.63 bits per heavy atom. The summed E-state index contributed by atoms with van der Waals surface area (Å²) in [5.41, 5.74) is 0. The molecule has 1 aromatic carbocycles. The van der Waals surface area contributed by atoms with Crippen LogP contribution >= 0.6 is 22.6 Å². The van der Waals surface area contributed by atoms with E-state index in [1.54, 1.807) is 0 Å². The number of hydrogen-bond acceptors (Lipinski definition) is 4. The van der Waals surface area contributed by atoms with Gasteiger partial charge in [0.05, 0.1) is 0 Å². The highest BCUT2D eigenvalue weighted by Crippen LogP contribution is 2.24. The number of halogens is 1. The molecule has 0 amide bonds. The molecule has 5 nitrogen and oxygen atoms in total. The van der Waals surface area contributed by atoms with Gasteiger partial charge in [0.15, 0.2) is 5.75 Å². The lowest BCUT2D eigenvalue weighted by Gasteiger charge is -2.11. The van der Waals surface area contributed by atoms with Gasteiger partial charge in [-0.2, -0.15) is 8.42 Å². The van der Waals surface area contributed by atoms with E-state index in [0.717, 1.165) is 12.8 Å². The molecular weight excluding hydrogens is 383 g/mol. The average molecular weight is 398 g/mol. The number of carbonyl (C=O) groups excluding carboxylic acids is 1. The minimum atomic E-state index is -4.40. The number of hydrogen-bond donors (Lipinski definition) is 1. The molecule has 0 saturated carbocycles. The number of unbranched alkanes of at least 4 members (excludes halogenated alkanes) is 1. The smallest absolute Gasteiger partial charge is 0.324 e. The Labute approximate surface area is 126 Å². The van der Waals surface area contributed by atoms with Crippen molar-refractivity contribution in [2.45, 2.75) is 35.0 Å². The molecule has 0 saturated heterocycles. The van der Waals surface area contributed by atoms with E-state index in [1.807, 2.05) is 29.5 Å². The van der Waals surface area contributed by atoms with E-state index < -0.39 is 21.0 Å². The molecule has 7 heteroatoms. The van der Waals surface area contributed by atoms with Gasteiger partial charge in [-0.1, -0.05) is 54.5 Å². The molecule has 0 bridgehead atoms. The van der Waals surface area contributed by atoms with Crippen LogP contribution in [0.2, 0.25) is 0 Å².